The van der Waals surface area contributed by atoms with E-state index in [2.05, 4.69) is 20.6 Å². The number of hydrogen-bond acceptors (Lipinski definition) is 7. The monoisotopic (exact) mass is 332 g/mol. The van der Waals surface area contributed by atoms with E-state index in [-0.39, 0.29) is 17.5 Å². The number of rotatable bonds is 8. The molecule has 2 rings (SSSR count). The molecule has 0 aliphatic heterocycles. The molecule has 24 heavy (non-hydrogen) atoms. The summed E-state index contributed by atoms with van der Waals surface area (Å²) in [4.78, 5) is 20.3. The first-order valence-corrected chi connectivity index (χ1v) is 7.27. The zero-order valence-electron chi connectivity index (χ0n) is 13.8. The zero-order valence-corrected chi connectivity index (χ0v) is 13.8. The number of nitrogens with one attached hydrogen (secondary N) is 2. The molecule has 1 aromatic carbocycles. The summed E-state index contributed by atoms with van der Waals surface area (Å²) in [5, 5.41) is 5.74. The van der Waals surface area contributed by atoms with E-state index < -0.39 is 0 Å². The average Bonchev–Trinajstić information content (AvgIpc) is 2.62. The van der Waals surface area contributed by atoms with Gasteiger partial charge in [0, 0.05) is 25.9 Å². The fraction of sp³-hybridized carbons (Fsp3) is 0.312. The number of benzene rings is 1. The molecular formula is C16H20N4O4. The molecule has 8 heteroatoms. The third-order valence-electron chi connectivity index (χ3n) is 3.14. The van der Waals surface area contributed by atoms with E-state index in [9.17, 15) is 4.79 Å². The second-order valence-electron chi connectivity index (χ2n) is 4.71. The van der Waals surface area contributed by atoms with Crippen molar-refractivity contribution < 1.29 is 19.0 Å². The first kappa shape index (κ1) is 17.5. The number of carbonyl (C=O) groups is 1. The highest BCUT2D eigenvalue weighted by molar-refractivity contribution is 5.92. The maximum atomic E-state index is 12.0. The van der Waals surface area contributed by atoms with E-state index >= 15 is 0 Å². The Morgan fingerprint density at radius 2 is 2.00 bits per heavy atom. The van der Waals surface area contributed by atoms with Crippen LogP contribution in [0.3, 0.4) is 0 Å². The van der Waals surface area contributed by atoms with Crippen molar-refractivity contribution in [3.8, 4) is 11.5 Å². The summed E-state index contributed by atoms with van der Waals surface area (Å²) in [5.41, 5.74) is 0.923. The zero-order chi connectivity index (χ0) is 17.4. The predicted molar refractivity (Wildman–Crippen MR) is 89.1 cm³/mol. The molecule has 0 atom stereocenters. The molecule has 0 aliphatic carbocycles. The Morgan fingerprint density at radius 1 is 1.17 bits per heavy atom. The molecule has 0 unspecified atom stereocenters. The van der Waals surface area contributed by atoms with Crippen molar-refractivity contribution >= 4 is 17.5 Å². The number of methoxy groups -OCH3 is 3. The smallest absolute Gasteiger partial charge is 0.270 e. The third-order valence-corrected chi connectivity index (χ3v) is 3.14. The highest BCUT2D eigenvalue weighted by atomic mass is 16.5. The quantitative estimate of drug-likeness (QED) is 0.709. The van der Waals surface area contributed by atoms with Crippen LogP contribution in [0.2, 0.25) is 0 Å². The fourth-order valence-electron chi connectivity index (χ4n) is 1.92. The molecule has 8 nitrogen and oxygen atoms in total. The molecule has 0 radical (unpaired) electrons. The first-order valence-electron chi connectivity index (χ1n) is 7.27. The number of anilines is 2. The van der Waals surface area contributed by atoms with E-state index in [1.165, 1.54) is 6.20 Å². The lowest BCUT2D eigenvalue weighted by Crippen LogP contribution is -2.27. The van der Waals surface area contributed by atoms with Crippen LogP contribution >= 0.6 is 0 Å². The Hall–Kier alpha value is -2.87. The van der Waals surface area contributed by atoms with Crippen LogP contribution < -0.4 is 20.1 Å². The summed E-state index contributed by atoms with van der Waals surface area (Å²) >= 11 is 0. The summed E-state index contributed by atoms with van der Waals surface area (Å²) < 4.78 is 15.4. The number of carbonyl (C=O) groups excluding carboxylic acids is 1. The largest absolute Gasteiger partial charge is 0.497 e. The van der Waals surface area contributed by atoms with Gasteiger partial charge in [0.05, 0.1) is 26.5 Å². The molecule has 128 valence electrons. The van der Waals surface area contributed by atoms with E-state index in [4.69, 9.17) is 14.2 Å². The summed E-state index contributed by atoms with van der Waals surface area (Å²) in [6.45, 7) is 0.847. The number of aromatic nitrogens is 2. The van der Waals surface area contributed by atoms with Crippen LogP contribution in [0, 0.1) is 0 Å². The molecule has 1 amide bonds. The Balaban J connectivity index is 2.13. The maximum Gasteiger partial charge on any atom is 0.270 e. The molecule has 0 aliphatic rings. The minimum Gasteiger partial charge on any atom is -0.497 e. The number of amides is 1. The number of hydrogen-bond donors (Lipinski definition) is 2. The van der Waals surface area contributed by atoms with Crippen molar-refractivity contribution in [2.45, 2.75) is 0 Å². The Morgan fingerprint density at radius 3 is 2.71 bits per heavy atom. The lowest BCUT2D eigenvalue weighted by molar-refractivity contribution is 0.0932. The van der Waals surface area contributed by atoms with Crippen LogP contribution in [-0.4, -0.2) is 50.4 Å². The van der Waals surface area contributed by atoms with E-state index in [1.807, 2.05) is 0 Å². The van der Waals surface area contributed by atoms with Crippen molar-refractivity contribution in [2.24, 2.45) is 0 Å². The minimum atomic E-state index is -0.292. The molecule has 0 bridgehead atoms. The van der Waals surface area contributed by atoms with Gasteiger partial charge in [-0.05, 0) is 18.2 Å². The summed E-state index contributed by atoms with van der Waals surface area (Å²) in [6.07, 6.45) is 1.51. The van der Waals surface area contributed by atoms with Gasteiger partial charge in [0.2, 0.25) is 5.95 Å². The van der Waals surface area contributed by atoms with Crippen molar-refractivity contribution in [3.05, 3.63) is 36.2 Å². The molecule has 0 saturated heterocycles. The van der Waals surface area contributed by atoms with Gasteiger partial charge in [0.25, 0.3) is 5.91 Å². The van der Waals surface area contributed by atoms with Gasteiger partial charge >= 0.3 is 0 Å². The SMILES string of the molecule is COCCNC(=O)c1ccnc(Nc2ccc(OC)cc2OC)n1. The van der Waals surface area contributed by atoms with Crippen LogP contribution in [-0.2, 0) is 4.74 Å². The maximum absolute atomic E-state index is 12.0. The lowest BCUT2D eigenvalue weighted by Gasteiger charge is -2.12. The van der Waals surface area contributed by atoms with E-state index in [1.54, 1.807) is 45.6 Å². The van der Waals surface area contributed by atoms with Gasteiger partial charge in [0.15, 0.2) is 0 Å². The van der Waals surface area contributed by atoms with Crippen molar-refractivity contribution in [3.63, 3.8) is 0 Å². The molecule has 2 aromatic rings. The van der Waals surface area contributed by atoms with Crippen molar-refractivity contribution in [1.82, 2.24) is 15.3 Å². The second-order valence-corrected chi connectivity index (χ2v) is 4.71. The molecular weight excluding hydrogens is 312 g/mol. The standard InChI is InChI=1S/C16H20N4O4/c1-22-9-8-17-15(21)13-6-7-18-16(20-13)19-12-5-4-11(23-2)10-14(12)24-3/h4-7,10H,8-9H2,1-3H3,(H,17,21)(H,18,19,20). The second kappa shape index (κ2) is 8.68. The van der Waals surface area contributed by atoms with Crippen LogP contribution in [0.15, 0.2) is 30.5 Å². The highest BCUT2D eigenvalue weighted by Gasteiger charge is 2.10. The predicted octanol–water partition coefficient (Wildman–Crippen LogP) is 1.61. The molecule has 2 N–H and O–H groups in total. The minimum absolute atomic E-state index is 0.260. The van der Waals surface area contributed by atoms with Crippen molar-refractivity contribution in [1.29, 1.82) is 0 Å². The summed E-state index contributed by atoms with van der Waals surface area (Å²) in [6, 6.07) is 6.85. The van der Waals surface area contributed by atoms with Crippen LogP contribution in [0.1, 0.15) is 10.5 Å². The van der Waals surface area contributed by atoms with Gasteiger partial charge in [-0.25, -0.2) is 9.97 Å². The molecule has 0 saturated carbocycles. The third kappa shape index (κ3) is 4.56. The fourth-order valence-corrected chi connectivity index (χ4v) is 1.92. The number of ether oxygens (including phenoxy) is 3. The molecule has 0 spiro atoms. The Labute approximate surface area is 140 Å². The van der Waals surface area contributed by atoms with Gasteiger partial charge in [-0.3, -0.25) is 4.79 Å². The number of nitrogens with zero attached hydrogens (tertiary/aromatic N) is 2. The van der Waals surface area contributed by atoms with E-state index in [0.29, 0.717) is 30.3 Å². The Kier molecular flexibility index (Phi) is 6.32. The van der Waals surface area contributed by atoms with Gasteiger partial charge in [0.1, 0.15) is 17.2 Å². The first-order chi connectivity index (χ1) is 11.7. The topological polar surface area (TPSA) is 94.6 Å². The Bertz CT molecular complexity index is 694. The van der Waals surface area contributed by atoms with Crippen LogP contribution in [0.4, 0.5) is 11.6 Å². The highest BCUT2D eigenvalue weighted by Crippen LogP contribution is 2.30. The van der Waals surface area contributed by atoms with Crippen LogP contribution in [0.5, 0.6) is 11.5 Å². The lowest BCUT2D eigenvalue weighted by atomic mass is 10.2. The summed E-state index contributed by atoms with van der Waals surface area (Å²) in [7, 11) is 4.71. The molecule has 1 heterocycles. The van der Waals surface area contributed by atoms with E-state index in [0.717, 1.165) is 0 Å². The summed E-state index contributed by atoms with van der Waals surface area (Å²) in [5.74, 6) is 1.24. The average molecular weight is 332 g/mol. The van der Waals surface area contributed by atoms with Gasteiger partial charge < -0.3 is 24.8 Å². The van der Waals surface area contributed by atoms with Gasteiger partial charge in [-0.15, -0.1) is 0 Å². The molecule has 1 aromatic heterocycles. The van der Waals surface area contributed by atoms with Crippen molar-refractivity contribution in [2.75, 3.05) is 39.8 Å². The molecule has 0 fully saturated rings. The van der Waals surface area contributed by atoms with Gasteiger partial charge in [-0.2, -0.15) is 0 Å². The normalized spacial score (nSPS) is 10.1. The van der Waals surface area contributed by atoms with Gasteiger partial charge in [-0.1, -0.05) is 0 Å². The van der Waals surface area contributed by atoms with Crippen LogP contribution in [0.25, 0.3) is 0 Å².